The summed E-state index contributed by atoms with van der Waals surface area (Å²) in [5.74, 6) is -1.03. The van der Waals surface area contributed by atoms with Crippen LogP contribution in [0.2, 0.25) is 18.6 Å². The standard InChI is InChI=1S/C17H27NO5Si/c1-11(19)15(21)16(14(17(22)23-3)18-12(2)20)24(4,5)13-9-7-6-8-10-13/h6-11,14-16,19,21H,1-5H3,(H,18,20)/t11-,14-,15-,16+/m1/s1. The summed E-state index contributed by atoms with van der Waals surface area (Å²) in [5, 5.41) is 24.2. The first-order chi connectivity index (χ1) is 11.1. The number of rotatable bonds is 7. The fourth-order valence-electron chi connectivity index (χ4n) is 3.04. The van der Waals surface area contributed by atoms with Gasteiger partial charge in [-0.15, -0.1) is 0 Å². The molecule has 0 aromatic heterocycles. The van der Waals surface area contributed by atoms with Crippen LogP contribution in [0.3, 0.4) is 0 Å². The molecule has 0 bridgehead atoms. The van der Waals surface area contributed by atoms with Gasteiger partial charge in [-0.05, 0) is 6.92 Å². The minimum Gasteiger partial charge on any atom is -0.467 e. The summed E-state index contributed by atoms with van der Waals surface area (Å²) in [6.45, 7) is 6.76. The molecular formula is C17H27NO5Si. The van der Waals surface area contributed by atoms with Gasteiger partial charge in [-0.3, -0.25) is 4.79 Å². The Balaban J connectivity index is 3.42. The molecule has 0 aliphatic rings. The molecule has 0 aliphatic heterocycles. The molecule has 0 spiro atoms. The molecule has 0 fully saturated rings. The number of ether oxygens (including phenoxy) is 1. The van der Waals surface area contributed by atoms with Crippen molar-refractivity contribution in [2.75, 3.05) is 7.11 Å². The van der Waals surface area contributed by atoms with Crippen molar-refractivity contribution in [3.05, 3.63) is 30.3 Å². The van der Waals surface area contributed by atoms with Crippen LogP contribution in [-0.4, -0.2) is 55.5 Å². The van der Waals surface area contributed by atoms with E-state index in [4.69, 9.17) is 4.74 Å². The zero-order valence-electron chi connectivity index (χ0n) is 14.8. The molecule has 0 unspecified atom stereocenters. The van der Waals surface area contributed by atoms with Crippen molar-refractivity contribution in [1.29, 1.82) is 0 Å². The lowest BCUT2D eigenvalue weighted by molar-refractivity contribution is -0.146. The van der Waals surface area contributed by atoms with Gasteiger partial charge in [0.25, 0.3) is 0 Å². The van der Waals surface area contributed by atoms with E-state index in [0.29, 0.717) is 0 Å². The maximum Gasteiger partial charge on any atom is 0.328 e. The molecule has 24 heavy (non-hydrogen) atoms. The Kier molecular flexibility index (Phi) is 7.13. The number of methoxy groups -OCH3 is 1. The number of nitrogens with one attached hydrogen (secondary N) is 1. The smallest absolute Gasteiger partial charge is 0.328 e. The van der Waals surface area contributed by atoms with Crippen LogP contribution in [0, 0.1) is 0 Å². The van der Waals surface area contributed by atoms with Crippen LogP contribution in [0.25, 0.3) is 0 Å². The molecular weight excluding hydrogens is 326 g/mol. The van der Waals surface area contributed by atoms with E-state index >= 15 is 0 Å². The van der Waals surface area contributed by atoms with Crippen LogP contribution in [0.1, 0.15) is 13.8 Å². The first-order valence-electron chi connectivity index (χ1n) is 7.89. The number of amides is 1. The highest BCUT2D eigenvalue weighted by atomic mass is 28.3. The van der Waals surface area contributed by atoms with E-state index in [1.54, 1.807) is 0 Å². The van der Waals surface area contributed by atoms with E-state index in [9.17, 15) is 19.8 Å². The highest BCUT2D eigenvalue weighted by Gasteiger charge is 2.48. The number of hydrogen-bond acceptors (Lipinski definition) is 5. The van der Waals surface area contributed by atoms with Crippen molar-refractivity contribution in [3.8, 4) is 0 Å². The van der Waals surface area contributed by atoms with Gasteiger partial charge in [0, 0.05) is 12.5 Å². The van der Waals surface area contributed by atoms with Crippen molar-refractivity contribution in [2.45, 2.75) is 50.7 Å². The molecule has 0 aliphatic carbocycles. The molecule has 0 saturated carbocycles. The number of carbonyl (C=O) groups is 2. The summed E-state index contributed by atoms with van der Waals surface area (Å²) < 4.78 is 4.83. The van der Waals surface area contributed by atoms with Gasteiger partial charge in [0.05, 0.1) is 27.4 Å². The van der Waals surface area contributed by atoms with E-state index in [-0.39, 0.29) is 0 Å². The third-order valence-electron chi connectivity index (χ3n) is 4.39. The van der Waals surface area contributed by atoms with E-state index in [0.717, 1.165) is 5.19 Å². The quantitative estimate of drug-likeness (QED) is 0.487. The average molecular weight is 353 g/mol. The average Bonchev–Trinajstić information content (AvgIpc) is 2.53. The number of aliphatic hydroxyl groups excluding tert-OH is 2. The van der Waals surface area contributed by atoms with Crippen LogP contribution in [0.15, 0.2) is 30.3 Å². The van der Waals surface area contributed by atoms with E-state index in [1.807, 2.05) is 43.4 Å². The lowest BCUT2D eigenvalue weighted by Gasteiger charge is -2.41. The Morgan fingerprint density at radius 3 is 2.12 bits per heavy atom. The molecule has 1 rings (SSSR count). The summed E-state index contributed by atoms with van der Waals surface area (Å²) in [5.41, 5.74) is -0.656. The third kappa shape index (κ3) is 4.65. The first-order valence-corrected chi connectivity index (χ1v) is 11.0. The Bertz CT molecular complexity index is 561. The molecule has 1 aromatic rings. The molecule has 1 aromatic carbocycles. The van der Waals surface area contributed by atoms with Crippen molar-refractivity contribution >= 4 is 25.1 Å². The highest BCUT2D eigenvalue weighted by Crippen LogP contribution is 2.32. The van der Waals surface area contributed by atoms with Gasteiger partial charge in [-0.1, -0.05) is 48.6 Å². The zero-order valence-corrected chi connectivity index (χ0v) is 15.8. The van der Waals surface area contributed by atoms with Gasteiger partial charge in [0.15, 0.2) is 0 Å². The second-order valence-corrected chi connectivity index (χ2v) is 11.2. The van der Waals surface area contributed by atoms with Crippen molar-refractivity contribution in [1.82, 2.24) is 5.32 Å². The van der Waals surface area contributed by atoms with Gasteiger partial charge in [-0.25, -0.2) is 4.79 Å². The van der Waals surface area contributed by atoms with Gasteiger partial charge in [-0.2, -0.15) is 0 Å². The van der Waals surface area contributed by atoms with Crippen molar-refractivity contribution < 1.29 is 24.5 Å². The summed E-state index contributed by atoms with van der Waals surface area (Å²) in [6.07, 6.45) is -2.23. The molecule has 134 valence electrons. The van der Waals surface area contributed by atoms with Crippen LogP contribution < -0.4 is 10.5 Å². The van der Waals surface area contributed by atoms with Gasteiger partial charge < -0.3 is 20.3 Å². The minimum atomic E-state index is -2.47. The van der Waals surface area contributed by atoms with Crippen molar-refractivity contribution in [3.63, 3.8) is 0 Å². The normalized spacial score (nSPS) is 16.6. The maximum absolute atomic E-state index is 12.3. The summed E-state index contributed by atoms with van der Waals surface area (Å²) in [4.78, 5) is 23.9. The summed E-state index contributed by atoms with van der Waals surface area (Å²) in [7, 11) is -1.23. The number of carbonyl (C=O) groups excluding carboxylic acids is 2. The summed E-state index contributed by atoms with van der Waals surface area (Å²) in [6, 6.07) is 8.52. The Labute approximate surface area is 143 Å². The largest absolute Gasteiger partial charge is 0.467 e. The number of esters is 1. The van der Waals surface area contributed by atoms with Gasteiger partial charge in [0.1, 0.15) is 6.04 Å². The Morgan fingerprint density at radius 2 is 1.71 bits per heavy atom. The maximum atomic E-state index is 12.3. The number of benzene rings is 1. The van der Waals surface area contributed by atoms with Crippen LogP contribution in [0.4, 0.5) is 0 Å². The van der Waals surface area contributed by atoms with E-state index in [2.05, 4.69) is 5.32 Å². The lowest BCUT2D eigenvalue weighted by Crippen LogP contribution is -2.61. The lowest BCUT2D eigenvalue weighted by atomic mass is 10.0. The molecule has 6 nitrogen and oxygen atoms in total. The number of hydrogen-bond donors (Lipinski definition) is 3. The predicted octanol–water partition coefficient (Wildman–Crippen LogP) is 0.392. The molecule has 0 saturated heterocycles. The minimum absolute atomic E-state index is 0.397. The molecule has 3 N–H and O–H groups in total. The van der Waals surface area contributed by atoms with Crippen LogP contribution >= 0.6 is 0 Å². The summed E-state index contributed by atoms with van der Waals surface area (Å²) >= 11 is 0. The molecule has 0 heterocycles. The first kappa shape index (κ1) is 20.3. The monoisotopic (exact) mass is 353 g/mol. The molecule has 7 heteroatoms. The fourth-order valence-corrected chi connectivity index (χ4v) is 6.66. The van der Waals surface area contributed by atoms with Crippen LogP contribution in [0.5, 0.6) is 0 Å². The SMILES string of the molecule is COC(=O)[C@H](NC(C)=O)[C@@H]([C@H](O)[C@@H](C)O)[Si](C)(C)c1ccccc1. The topological polar surface area (TPSA) is 95.9 Å². The van der Waals surface area contributed by atoms with E-state index in [1.165, 1.54) is 21.0 Å². The van der Waals surface area contributed by atoms with Gasteiger partial charge in [0.2, 0.25) is 5.91 Å². The van der Waals surface area contributed by atoms with E-state index < -0.39 is 43.7 Å². The van der Waals surface area contributed by atoms with Crippen LogP contribution in [-0.2, 0) is 14.3 Å². The highest BCUT2D eigenvalue weighted by molar-refractivity contribution is 6.91. The van der Waals surface area contributed by atoms with Gasteiger partial charge >= 0.3 is 5.97 Å². The second-order valence-electron chi connectivity index (χ2n) is 6.55. The Morgan fingerprint density at radius 1 is 1.17 bits per heavy atom. The predicted molar refractivity (Wildman–Crippen MR) is 94.6 cm³/mol. The second kappa shape index (κ2) is 8.41. The number of aliphatic hydroxyl groups is 2. The molecule has 1 amide bonds. The zero-order chi connectivity index (χ0) is 18.5. The van der Waals surface area contributed by atoms with Crippen molar-refractivity contribution in [2.24, 2.45) is 0 Å². The Hall–Kier alpha value is -1.70. The third-order valence-corrected chi connectivity index (χ3v) is 8.55. The fraction of sp³-hybridized carbons (Fsp3) is 0.529. The molecule has 4 atom stereocenters. The molecule has 0 radical (unpaired) electrons.